The van der Waals surface area contributed by atoms with Crippen LogP contribution in [0.5, 0.6) is 0 Å². The van der Waals surface area contributed by atoms with Gasteiger partial charge < -0.3 is 10.1 Å². The van der Waals surface area contributed by atoms with Gasteiger partial charge in [0.25, 0.3) is 0 Å². The van der Waals surface area contributed by atoms with Crippen molar-refractivity contribution in [2.24, 2.45) is 5.92 Å². The normalized spacial score (nSPS) is 12.9. The van der Waals surface area contributed by atoms with E-state index in [1.54, 1.807) is 0 Å². The molecule has 0 aromatic heterocycles. The van der Waals surface area contributed by atoms with Crippen molar-refractivity contribution in [3.05, 3.63) is 34.3 Å². The molecule has 0 amide bonds. The largest absolute Gasteiger partial charge is 0.372 e. The average Bonchev–Trinajstić information content (AvgIpc) is 2.37. The standard InChI is InChI=1S/C16H26BrNO/c1-4-5-16(11-18-10-13(2)3)19-12-14-6-8-15(17)9-7-14/h6-9,13,16,18H,4-5,10-12H2,1-3H3. The van der Waals surface area contributed by atoms with Crippen molar-refractivity contribution in [1.29, 1.82) is 0 Å². The number of ether oxygens (including phenoxy) is 1. The Balaban J connectivity index is 2.33. The summed E-state index contributed by atoms with van der Waals surface area (Å²) in [6, 6.07) is 8.33. The van der Waals surface area contributed by atoms with E-state index in [1.165, 1.54) is 5.56 Å². The number of halogens is 1. The molecule has 3 heteroatoms. The number of hydrogen-bond donors (Lipinski definition) is 1. The molecule has 1 aromatic rings. The van der Waals surface area contributed by atoms with Crippen molar-refractivity contribution < 1.29 is 4.74 Å². The van der Waals surface area contributed by atoms with E-state index in [2.05, 4.69) is 66.3 Å². The van der Waals surface area contributed by atoms with Crippen LogP contribution in [0.1, 0.15) is 39.2 Å². The molecule has 0 saturated heterocycles. The van der Waals surface area contributed by atoms with Gasteiger partial charge in [-0.15, -0.1) is 0 Å². The van der Waals surface area contributed by atoms with Crippen molar-refractivity contribution in [2.75, 3.05) is 13.1 Å². The van der Waals surface area contributed by atoms with Crippen LogP contribution in [0.25, 0.3) is 0 Å². The van der Waals surface area contributed by atoms with E-state index in [-0.39, 0.29) is 0 Å². The molecule has 0 bridgehead atoms. The smallest absolute Gasteiger partial charge is 0.0721 e. The molecule has 1 aromatic carbocycles. The maximum atomic E-state index is 6.01. The van der Waals surface area contributed by atoms with Gasteiger partial charge in [-0.1, -0.05) is 55.3 Å². The Hall–Kier alpha value is -0.380. The molecule has 1 atom stereocenters. The Morgan fingerprint density at radius 2 is 1.84 bits per heavy atom. The van der Waals surface area contributed by atoms with Crippen molar-refractivity contribution >= 4 is 15.9 Å². The molecule has 0 heterocycles. The third kappa shape index (κ3) is 7.71. The predicted molar refractivity (Wildman–Crippen MR) is 85.3 cm³/mol. The first kappa shape index (κ1) is 16.7. The Bertz CT molecular complexity index is 337. The molecule has 108 valence electrons. The zero-order valence-corrected chi connectivity index (χ0v) is 13.9. The van der Waals surface area contributed by atoms with Crippen molar-refractivity contribution in [3.8, 4) is 0 Å². The Morgan fingerprint density at radius 3 is 2.42 bits per heavy atom. The highest BCUT2D eigenvalue weighted by Crippen LogP contribution is 2.12. The highest BCUT2D eigenvalue weighted by atomic mass is 79.9. The van der Waals surface area contributed by atoms with Gasteiger partial charge in [0.1, 0.15) is 0 Å². The molecule has 0 saturated carbocycles. The second-order valence-electron chi connectivity index (χ2n) is 5.40. The lowest BCUT2D eigenvalue weighted by Gasteiger charge is -2.19. The molecular formula is C16H26BrNO. The van der Waals surface area contributed by atoms with E-state index in [0.717, 1.165) is 30.4 Å². The van der Waals surface area contributed by atoms with E-state index >= 15 is 0 Å². The minimum absolute atomic E-state index is 0.312. The van der Waals surface area contributed by atoms with Crippen LogP contribution in [0.4, 0.5) is 0 Å². The summed E-state index contributed by atoms with van der Waals surface area (Å²) in [5.74, 6) is 0.689. The first-order valence-corrected chi connectivity index (χ1v) is 7.97. The molecule has 1 N–H and O–H groups in total. The van der Waals surface area contributed by atoms with E-state index in [0.29, 0.717) is 18.6 Å². The number of hydrogen-bond acceptors (Lipinski definition) is 2. The Labute approximate surface area is 126 Å². The quantitative estimate of drug-likeness (QED) is 0.726. The first-order valence-electron chi connectivity index (χ1n) is 7.18. The summed E-state index contributed by atoms with van der Waals surface area (Å²) in [7, 11) is 0. The summed E-state index contributed by atoms with van der Waals surface area (Å²) in [4.78, 5) is 0. The second-order valence-corrected chi connectivity index (χ2v) is 6.32. The second kappa shape index (κ2) is 9.51. The summed E-state index contributed by atoms with van der Waals surface area (Å²) in [6.07, 6.45) is 2.59. The average molecular weight is 328 g/mol. The fourth-order valence-electron chi connectivity index (χ4n) is 1.89. The van der Waals surface area contributed by atoms with E-state index in [1.807, 2.05) is 0 Å². The minimum Gasteiger partial charge on any atom is -0.372 e. The summed E-state index contributed by atoms with van der Waals surface area (Å²) in [6.45, 7) is 9.36. The Kier molecular flexibility index (Phi) is 8.35. The van der Waals surface area contributed by atoms with Gasteiger partial charge in [0.05, 0.1) is 12.7 Å². The van der Waals surface area contributed by atoms with E-state index in [4.69, 9.17) is 4.74 Å². The van der Waals surface area contributed by atoms with Gasteiger partial charge in [-0.2, -0.15) is 0 Å². The van der Waals surface area contributed by atoms with Crippen LogP contribution < -0.4 is 5.32 Å². The molecular weight excluding hydrogens is 302 g/mol. The van der Waals surface area contributed by atoms with E-state index < -0.39 is 0 Å². The van der Waals surface area contributed by atoms with Gasteiger partial charge >= 0.3 is 0 Å². The molecule has 2 nitrogen and oxygen atoms in total. The fourth-order valence-corrected chi connectivity index (χ4v) is 2.16. The monoisotopic (exact) mass is 327 g/mol. The summed E-state index contributed by atoms with van der Waals surface area (Å²) in [5, 5.41) is 3.48. The molecule has 0 spiro atoms. The topological polar surface area (TPSA) is 21.3 Å². The van der Waals surface area contributed by atoms with Crippen LogP contribution in [0.15, 0.2) is 28.7 Å². The van der Waals surface area contributed by atoms with Crippen molar-refractivity contribution in [1.82, 2.24) is 5.32 Å². The van der Waals surface area contributed by atoms with Crippen LogP contribution in [-0.2, 0) is 11.3 Å². The lowest BCUT2D eigenvalue weighted by molar-refractivity contribution is 0.0345. The molecule has 0 aliphatic carbocycles. The zero-order chi connectivity index (χ0) is 14.1. The molecule has 0 aliphatic rings. The van der Waals surface area contributed by atoms with Crippen LogP contribution in [0.2, 0.25) is 0 Å². The minimum atomic E-state index is 0.312. The van der Waals surface area contributed by atoms with Gasteiger partial charge in [-0.3, -0.25) is 0 Å². The third-order valence-corrected chi connectivity index (χ3v) is 3.46. The zero-order valence-electron chi connectivity index (χ0n) is 12.3. The number of nitrogens with one attached hydrogen (secondary N) is 1. The van der Waals surface area contributed by atoms with Crippen molar-refractivity contribution in [2.45, 2.75) is 46.3 Å². The highest BCUT2D eigenvalue weighted by molar-refractivity contribution is 9.10. The summed E-state index contributed by atoms with van der Waals surface area (Å²) >= 11 is 3.45. The van der Waals surface area contributed by atoms with Crippen molar-refractivity contribution in [3.63, 3.8) is 0 Å². The summed E-state index contributed by atoms with van der Waals surface area (Å²) < 4.78 is 7.12. The number of benzene rings is 1. The van der Waals surface area contributed by atoms with Gasteiger partial charge in [-0.05, 0) is 36.6 Å². The predicted octanol–water partition coefficient (Wildman–Crippen LogP) is 4.38. The molecule has 1 rings (SSSR count). The van der Waals surface area contributed by atoms with Crippen LogP contribution in [0, 0.1) is 5.92 Å². The lowest BCUT2D eigenvalue weighted by atomic mass is 10.2. The highest BCUT2D eigenvalue weighted by Gasteiger charge is 2.08. The molecule has 1 unspecified atom stereocenters. The first-order chi connectivity index (χ1) is 9.11. The maximum absolute atomic E-state index is 6.01. The van der Waals surface area contributed by atoms with Crippen LogP contribution >= 0.6 is 15.9 Å². The molecule has 19 heavy (non-hydrogen) atoms. The van der Waals surface area contributed by atoms with Crippen LogP contribution in [-0.4, -0.2) is 19.2 Å². The third-order valence-electron chi connectivity index (χ3n) is 2.93. The van der Waals surface area contributed by atoms with Gasteiger partial charge in [0.15, 0.2) is 0 Å². The van der Waals surface area contributed by atoms with Gasteiger partial charge in [0.2, 0.25) is 0 Å². The van der Waals surface area contributed by atoms with Gasteiger partial charge in [-0.25, -0.2) is 0 Å². The van der Waals surface area contributed by atoms with E-state index in [9.17, 15) is 0 Å². The molecule has 0 radical (unpaired) electrons. The molecule has 0 aliphatic heterocycles. The van der Waals surface area contributed by atoms with Crippen LogP contribution in [0.3, 0.4) is 0 Å². The van der Waals surface area contributed by atoms with Gasteiger partial charge in [0, 0.05) is 11.0 Å². The Morgan fingerprint density at radius 1 is 1.16 bits per heavy atom. The molecule has 0 fully saturated rings. The SMILES string of the molecule is CCCC(CNCC(C)C)OCc1ccc(Br)cc1. The lowest BCUT2D eigenvalue weighted by Crippen LogP contribution is -2.31. The fraction of sp³-hybridized carbons (Fsp3) is 0.625. The summed E-state index contributed by atoms with van der Waals surface area (Å²) in [5.41, 5.74) is 1.23. The maximum Gasteiger partial charge on any atom is 0.0721 e. The number of rotatable bonds is 9.